The fourth-order valence-corrected chi connectivity index (χ4v) is 2.13. The van der Waals surface area contributed by atoms with Gasteiger partial charge in [0.15, 0.2) is 0 Å². The molecule has 0 saturated heterocycles. The third-order valence-corrected chi connectivity index (χ3v) is 3.22. The van der Waals surface area contributed by atoms with Gasteiger partial charge in [-0.05, 0) is 38.4 Å². The zero-order valence-corrected chi connectivity index (χ0v) is 12.9. The van der Waals surface area contributed by atoms with Gasteiger partial charge < -0.3 is 15.3 Å². The van der Waals surface area contributed by atoms with Gasteiger partial charge in [0.05, 0.1) is 5.69 Å². The van der Waals surface area contributed by atoms with Gasteiger partial charge in [0.2, 0.25) is 5.91 Å². The molecular formula is C16H26N2O2. The Morgan fingerprint density at radius 3 is 2.70 bits per heavy atom. The van der Waals surface area contributed by atoms with E-state index in [1.807, 2.05) is 19.9 Å². The minimum atomic E-state index is 0.103. The van der Waals surface area contributed by atoms with Crippen molar-refractivity contribution in [3.63, 3.8) is 0 Å². The second-order valence-corrected chi connectivity index (χ2v) is 5.32. The predicted octanol–water partition coefficient (Wildman–Crippen LogP) is 2.83. The molecule has 0 fully saturated rings. The zero-order valence-electron chi connectivity index (χ0n) is 12.9. The van der Waals surface area contributed by atoms with E-state index in [9.17, 15) is 9.90 Å². The van der Waals surface area contributed by atoms with Crippen molar-refractivity contribution >= 4 is 11.6 Å². The second kappa shape index (κ2) is 7.90. The van der Waals surface area contributed by atoms with E-state index >= 15 is 0 Å². The lowest BCUT2D eigenvalue weighted by Crippen LogP contribution is -2.32. The molecule has 0 unspecified atom stereocenters. The van der Waals surface area contributed by atoms with Crippen LogP contribution in [0.25, 0.3) is 0 Å². The third kappa shape index (κ3) is 4.85. The van der Waals surface area contributed by atoms with Crippen molar-refractivity contribution in [3.05, 3.63) is 23.8 Å². The smallest absolute Gasteiger partial charge is 0.227 e. The summed E-state index contributed by atoms with van der Waals surface area (Å²) in [5.74, 6) is 0.296. The van der Waals surface area contributed by atoms with E-state index in [0.29, 0.717) is 19.0 Å². The maximum Gasteiger partial charge on any atom is 0.227 e. The maximum atomic E-state index is 12.3. The first-order chi connectivity index (χ1) is 9.45. The maximum absolute atomic E-state index is 12.3. The molecule has 0 aliphatic carbocycles. The molecule has 1 aromatic carbocycles. The van der Waals surface area contributed by atoms with Crippen molar-refractivity contribution in [3.8, 4) is 5.75 Å². The molecule has 0 aliphatic rings. The summed E-state index contributed by atoms with van der Waals surface area (Å²) in [6.45, 7) is 9.55. The van der Waals surface area contributed by atoms with Crippen molar-refractivity contribution in [2.24, 2.45) is 0 Å². The number of amides is 1. The molecule has 0 aromatic heterocycles. The number of aryl methyl sites for hydroxylation is 1. The molecule has 0 aliphatic heterocycles. The van der Waals surface area contributed by atoms with Crippen LogP contribution in [-0.2, 0) is 4.79 Å². The van der Waals surface area contributed by atoms with Gasteiger partial charge in [-0.15, -0.1) is 0 Å². The van der Waals surface area contributed by atoms with Gasteiger partial charge in [0, 0.05) is 25.1 Å². The number of phenolic OH excluding ortho intramolecular Hbond substituents is 1. The SMILES string of the molecule is CCN(C(=O)CCCNC(C)C)c1cc(O)ccc1C. The Hall–Kier alpha value is -1.55. The van der Waals surface area contributed by atoms with Crippen LogP contribution in [-0.4, -0.2) is 30.1 Å². The van der Waals surface area contributed by atoms with Crippen LogP contribution in [0.1, 0.15) is 39.2 Å². The summed E-state index contributed by atoms with van der Waals surface area (Å²) in [6, 6.07) is 5.58. The van der Waals surface area contributed by atoms with Crippen LogP contribution in [0.2, 0.25) is 0 Å². The van der Waals surface area contributed by atoms with Gasteiger partial charge in [0.1, 0.15) is 5.75 Å². The van der Waals surface area contributed by atoms with Gasteiger partial charge >= 0.3 is 0 Å². The number of hydrogen-bond acceptors (Lipinski definition) is 3. The monoisotopic (exact) mass is 278 g/mol. The molecule has 1 rings (SSSR count). The normalized spacial score (nSPS) is 10.8. The largest absolute Gasteiger partial charge is 0.508 e. The van der Waals surface area contributed by atoms with Crippen molar-refractivity contribution < 1.29 is 9.90 Å². The minimum absolute atomic E-state index is 0.103. The molecule has 2 N–H and O–H groups in total. The lowest BCUT2D eigenvalue weighted by atomic mass is 10.1. The van der Waals surface area contributed by atoms with Gasteiger partial charge in [-0.2, -0.15) is 0 Å². The molecule has 1 aromatic rings. The summed E-state index contributed by atoms with van der Waals surface area (Å²) in [7, 11) is 0. The standard InChI is InChI=1S/C16H26N2O2/c1-5-18(15-11-14(19)9-8-13(15)4)16(20)7-6-10-17-12(2)3/h8-9,11-12,17,19H,5-7,10H2,1-4H3. The Labute approximate surface area is 121 Å². The Bertz CT molecular complexity index is 444. The van der Waals surface area contributed by atoms with Crippen molar-refractivity contribution in [1.82, 2.24) is 5.32 Å². The van der Waals surface area contributed by atoms with Gasteiger partial charge in [-0.1, -0.05) is 19.9 Å². The van der Waals surface area contributed by atoms with Gasteiger partial charge in [-0.25, -0.2) is 0 Å². The van der Waals surface area contributed by atoms with E-state index < -0.39 is 0 Å². The van der Waals surface area contributed by atoms with Gasteiger partial charge in [0.25, 0.3) is 0 Å². The summed E-state index contributed by atoms with van der Waals surface area (Å²) < 4.78 is 0. The highest BCUT2D eigenvalue weighted by Crippen LogP contribution is 2.25. The van der Waals surface area contributed by atoms with E-state index in [0.717, 1.165) is 24.2 Å². The predicted molar refractivity (Wildman–Crippen MR) is 83.2 cm³/mol. The molecule has 4 nitrogen and oxygen atoms in total. The Morgan fingerprint density at radius 2 is 2.10 bits per heavy atom. The molecule has 1 amide bonds. The second-order valence-electron chi connectivity index (χ2n) is 5.32. The number of rotatable bonds is 7. The average Bonchev–Trinajstić information content (AvgIpc) is 2.39. The number of phenols is 1. The Kier molecular flexibility index (Phi) is 6.52. The van der Waals surface area contributed by atoms with E-state index in [1.54, 1.807) is 17.0 Å². The van der Waals surface area contributed by atoms with E-state index in [1.165, 1.54) is 0 Å². The summed E-state index contributed by atoms with van der Waals surface area (Å²) in [5.41, 5.74) is 1.80. The molecule has 0 bridgehead atoms. The quantitative estimate of drug-likeness (QED) is 0.754. The first-order valence-electron chi connectivity index (χ1n) is 7.29. The van der Waals surface area contributed by atoms with Crippen LogP contribution >= 0.6 is 0 Å². The molecular weight excluding hydrogens is 252 g/mol. The van der Waals surface area contributed by atoms with Gasteiger partial charge in [-0.3, -0.25) is 4.79 Å². The van der Waals surface area contributed by atoms with Crippen LogP contribution < -0.4 is 10.2 Å². The van der Waals surface area contributed by atoms with E-state index in [-0.39, 0.29) is 11.7 Å². The van der Waals surface area contributed by atoms with Crippen molar-refractivity contribution in [1.29, 1.82) is 0 Å². The summed E-state index contributed by atoms with van der Waals surface area (Å²) in [6.07, 6.45) is 1.34. The van der Waals surface area contributed by atoms with Crippen LogP contribution in [0.3, 0.4) is 0 Å². The zero-order chi connectivity index (χ0) is 15.1. The lowest BCUT2D eigenvalue weighted by molar-refractivity contribution is -0.118. The van der Waals surface area contributed by atoms with Crippen LogP contribution in [0.4, 0.5) is 5.69 Å². The lowest BCUT2D eigenvalue weighted by Gasteiger charge is -2.23. The number of benzene rings is 1. The highest BCUT2D eigenvalue weighted by Gasteiger charge is 2.15. The van der Waals surface area contributed by atoms with Crippen molar-refractivity contribution in [2.75, 3.05) is 18.0 Å². The fraction of sp³-hybridized carbons (Fsp3) is 0.562. The topological polar surface area (TPSA) is 52.6 Å². The van der Waals surface area contributed by atoms with Crippen molar-refractivity contribution in [2.45, 2.75) is 46.6 Å². The third-order valence-electron chi connectivity index (χ3n) is 3.22. The van der Waals surface area contributed by atoms with Crippen LogP contribution in [0, 0.1) is 6.92 Å². The first kappa shape index (κ1) is 16.5. The summed E-state index contributed by atoms with van der Waals surface area (Å²) in [5, 5.41) is 12.9. The molecule has 0 saturated carbocycles. The number of anilines is 1. The first-order valence-corrected chi connectivity index (χ1v) is 7.29. The van der Waals surface area contributed by atoms with E-state index in [2.05, 4.69) is 19.2 Å². The average molecular weight is 278 g/mol. The highest BCUT2D eigenvalue weighted by molar-refractivity contribution is 5.94. The summed E-state index contributed by atoms with van der Waals surface area (Å²) >= 11 is 0. The minimum Gasteiger partial charge on any atom is -0.508 e. The van der Waals surface area contributed by atoms with E-state index in [4.69, 9.17) is 0 Å². The number of aromatic hydroxyl groups is 1. The fourth-order valence-electron chi connectivity index (χ4n) is 2.13. The number of nitrogens with zero attached hydrogens (tertiary/aromatic N) is 1. The molecule has 112 valence electrons. The molecule has 0 radical (unpaired) electrons. The van der Waals surface area contributed by atoms with Crippen LogP contribution in [0.5, 0.6) is 5.75 Å². The number of hydrogen-bond donors (Lipinski definition) is 2. The molecule has 20 heavy (non-hydrogen) atoms. The Morgan fingerprint density at radius 1 is 1.40 bits per heavy atom. The molecule has 0 heterocycles. The highest BCUT2D eigenvalue weighted by atomic mass is 16.3. The molecule has 4 heteroatoms. The molecule has 0 atom stereocenters. The number of carbonyl (C=O) groups is 1. The summed E-state index contributed by atoms with van der Waals surface area (Å²) in [4.78, 5) is 14.0. The number of carbonyl (C=O) groups excluding carboxylic acids is 1. The van der Waals surface area contributed by atoms with Crippen LogP contribution in [0.15, 0.2) is 18.2 Å². The Balaban J connectivity index is 2.65. The number of nitrogens with one attached hydrogen (secondary N) is 1. The molecule has 0 spiro atoms.